The Balaban J connectivity index is 1.72. The van der Waals surface area contributed by atoms with Crippen molar-refractivity contribution in [2.45, 2.75) is 25.7 Å². The van der Waals surface area contributed by atoms with Gasteiger partial charge < -0.3 is 21.4 Å². The van der Waals surface area contributed by atoms with Crippen molar-refractivity contribution in [2.75, 3.05) is 32.7 Å². The van der Waals surface area contributed by atoms with Gasteiger partial charge in [0, 0.05) is 19.6 Å². The molecule has 2 heterocycles. The van der Waals surface area contributed by atoms with Gasteiger partial charge in [-0.05, 0) is 44.7 Å². The zero-order valence-electron chi connectivity index (χ0n) is 9.94. The summed E-state index contributed by atoms with van der Waals surface area (Å²) in [5, 5.41) is 3.55. The largest absolute Gasteiger partial charge is 0.368 e. The van der Waals surface area contributed by atoms with Gasteiger partial charge in [0.1, 0.15) is 0 Å². The van der Waals surface area contributed by atoms with E-state index in [1.54, 1.807) is 0 Å². The highest BCUT2D eigenvalue weighted by Crippen LogP contribution is 2.20. The molecule has 0 aliphatic carbocycles. The van der Waals surface area contributed by atoms with Crippen LogP contribution in [0.1, 0.15) is 25.7 Å². The van der Waals surface area contributed by atoms with Crippen molar-refractivity contribution in [2.24, 2.45) is 22.6 Å². The minimum atomic E-state index is 0.486. The summed E-state index contributed by atoms with van der Waals surface area (Å²) >= 11 is 0. The van der Waals surface area contributed by atoms with Crippen LogP contribution in [0, 0.1) is 5.92 Å². The lowest BCUT2D eigenvalue weighted by Crippen LogP contribution is -2.45. The van der Waals surface area contributed by atoms with E-state index >= 15 is 0 Å². The quantitative estimate of drug-likeness (QED) is 0.300. The first-order chi connectivity index (χ1) is 7.79. The molecular weight excluding hydrogens is 202 g/mol. The van der Waals surface area contributed by atoms with E-state index in [1.807, 2.05) is 0 Å². The van der Waals surface area contributed by atoms with Crippen LogP contribution in [0.25, 0.3) is 0 Å². The minimum Gasteiger partial charge on any atom is -0.368 e. The zero-order valence-corrected chi connectivity index (χ0v) is 9.94. The topological polar surface area (TPSA) is 70.9 Å². The number of nitrogens with zero attached hydrogens (tertiary/aromatic N) is 3. The summed E-state index contributed by atoms with van der Waals surface area (Å²) in [6.45, 7) is 5.88. The molecule has 0 bridgehead atoms. The van der Waals surface area contributed by atoms with Gasteiger partial charge in [-0.15, -0.1) is 5.10 Å². The van der Waals surface area contributed by atoms with E-state index in [0.717, 1.165) is 19.0 Å². The van der Waals surface area contributed by atoms with Crippen LogP contribution in [0.5, 0.6) is 0 Å². The summed E-state index contributed by atoms with van der Waals surface area (Å²) in [4.78, 5) is 4.68. The second-order valence-corrected chi connectivity index (χ2v) is 4.93. The van der Waals surface area contributed by atoms with E-state index in [9.17, 15) is 0 Å². The Morgan fingerprint density at radius 1 is 1.12 bits per heavy atom. The van der Waals surface area contributed by atoms with Crippen molar-refractivity contribution in [3.63, 3.8) is 0 Å². The van der Waals surface area contributed by atoms with E-state index in [2.05, 4.69) is 14.9 Å². The molecule has 2 rings (SSSR count). The van der Waals surface area contributed by atoms with Gasteiger partial charge in [0.2, 0.25) is 5.96 Å². The Labute approximate surface area is 97.4 Å². The summed E-state index contributed by atoms with van der Waals surface area (Å²) < 4.78 is 0. The fourth-order valence-electron chi connectivity index (χ4n) is 2.76. The maximum absolute atomic E-state index is 5.70. The number of hydrazone groups is 1. The second-order valence-electron chi connectivity index (χ2n) is 4.93. The minimum absolute atomic E-state index is 0.486. The van der Waals surface area contributed by atoms with Gasteiger partial charge in [-0.1, -0.05) is 0 Å². The number of guanidine groups is 1. The van der Waals surface area contributed by atoms with Crippen LogP contribution in [0.2, 0.25) is 0 Å². The van der Waals surface area contributed by atoms with Gasteiger partial charge in [0.05, 0.1) is 0 Å². The molecular formula is C11H23N5. The van der Waals surface area contributed by atoms with Crippen LogP contribution in [-0.4, -0.2) is 48.5 Å². The molecule has 16 heavy (non-hydrogen) atoms. The molecule has 5 nitrogen and oxygen atoms in total. The number of likely N-dealkylation sites (tertiary alicyclic amines) is 2. The van der Waals surface area contributed by atoms with Crippen LogP contribution in [0.15, 0.2) is 5.10 Å². The summed E-state index contributed by atoms with van der Waals surface area (Å²) in [5.41, 5.74) is 5.70. The van der Waals surface area contributed by atoms with Crippen LogP contribution in [-0.2, 0) is 0 Å². The van der Waals surface area contributed by atoms with E-state index in [1.165, 1.54) is 45.3 Å². The molecule has 0 saturated carbocycles. The number of nitrogens with two attached hydrogens (primary N) is 2. The SMILES string of the molecule is NN=C(N)N1CCC(CN2CCCC2)CC1. The Kier molecular flexibility index (Phi) is 3.88. The average Bonchev–Trinajstić information content (AvgIpc) is 2.82. The molecule has 0 atom stereocenters. The zero-order chi connectivity index (χ0) is 11.4. The predicted molar refractivity (Wildman–Crippen MR) is 65.8 cm³/mol. The summed E-state index contributed by atoms with van der Waals surface area (Å²) in [6, 6.07) is 0. The Morgan fingerprint density at radius 2 is 1.75 bits per heavy atom. The Morgan fingerprint density at radius 3 is 2.31 bits per heavy atom. The van der Waals surface area contributed by atoms with Gasteiger partial charge >= 0.3 is 0 Å². The Bertz CT molecular complexity index is 239. The van der Waals surface area contributed by atoms with Crippen molar-refractivity contribution < 1.29 is 0 Å². The average molecular weight is 225 g/mol. The lowest BCUT2D eigenvalue weighted by Gasteiger charge is -2.34. The van der Waals surface area contributed by atoms with E-state index in [4.69, 9.17) is 11.6 Å². The highest BCUT2D eigenvalue weighted by molar-refractivity contribution is 5.77. The number of hydrogen-bond acceptors (Lipinski definition) is 3. The molecule has 0 unspecified atom stereocenters. The highest BCUT2D eigenvalue weighted by atomic mass is 15.3. The lowest BCUT2D eigenvalue weighted by atomic mass is 9.96. The summed E-state index contributed by atoms with van der Waals surface area (Å²) in [5.74, 6) is 6.50. The first-order valence-corrected chi connectivity index (χ1v) is 6.30. The molecule has 0 aromatic carbocycles. The normalized spacial score (nSPS) is 25.2. The molecule has 0 spiro atoms. The van der Waals surface area contributed by atoms with Gasteiger partial charge in [-0.25, -0.2) is 0 Å². The third-order valence-corrected chi connectivity index (χ3v) is 3.79. The maximum atomic E-state index is 5.70. The first kappa shape index (κ1) is 11.5. The molecule has 2 saturated heterocycles. The van der Waals surface area contributed by atoms with Gasteiger partial charge in [0.25, 0.3) is 0 Å². The molecule has 0 amide bonds. The third kappa shape index (κ3) is 2.78. The molecule has 4 N–H and O–H groups in total. The smallest absolute Gasteiger partial charge is 0.213 e. The van der Waals surface area contributed by atoms with E-state index < -0.39 is 0 Å². The van der Waals surface area contributed by atoms with Crippen LogP contribution < -0.4 is 11.6 Å². The first-order valence-electron chi connectivity index (χ1n) is 6.30. The van der Waals surface area contributed by atoms with Crippen molar-refractivity contribution >= 4 is 5.96 Å². The molecule has 0 aromatic rings. The van der Waals surface area contributed by atoms with Crippen LogP contribution >= 0.6 is 0 Å². The van der Waals surface area contributed by atoms with E-state index in [-0.39, 0.29) is 0 Å². The van der Waals surface area contributed by atoms with Crippen LogP contribution in [0.4, 0.5) is 0 Å². The van der Waals surface area contributed by atoms with Crippen LogP contribution in [0.3, 0.4) is 0 Å². The number of rotatable bonds is 2. The standard InChI is InChI=1S/C11H23N5/c12-11(14-13)16-7-3-10(4-8-16)9-15-5-1-2-6-15/h10H,1-9,13H2,(H2,12,14). The Hall–Kier alpha value is -0.970. The molecule has 2 aliphatic heterocycles. The lowest BCUT2D eigenvalue weighted by molar-refractivity contribution is 0.200. The second kappa shape index (κ2) is 5.39. The molecule has 0 aromatic heterocycles. The van der Waals surface area contributed by atoms with Crippen molar-refractivity contribution in [3.05, 3.63) is 0 Å². The van der Waals surface area contributed by atoms with Gasteiger partial charge in [0.15, 0.2) is 0 Å². The maximum Gasteiger partial charge on any atom is 0.213 e. The van der Waals surface area contributed by atoms with Crippen molar-refractivity contribution in [1.82, 2.24) is 9.80 Å². The van der Waals surface area contributed by atoms with Crippen molar-refractivity contribution in [1.29, 1.82) is 0 Å². The number of piperidine rings is 1. The summed E-state index contributed by atoms with van der Waals surface area (Å²) in [7, 11) is 0. The van der Waals surface area contributed by atoms with Gasteiger partial charge in [-0.3, -0.25) is 0 Å². The third-order valence-electron chi connectivity index (χ3n) is 3.79. The monoisotopic (exact) mass is 225 g/mol. The molecule has 5 heteroatoms. The van der Waals surface area contributed by atoms with Crippen molar-refractivity contribution in [3.8, 4) is 0 Å². The summed E-state index contributed by atoms with van der Waals surface area (Å²) in [6.07, 6.45) is 5.19. The molecule has 0 radical (unpaired) electrons. The number of hydrogen-bond donors (Lipinski definition) is 2. The van der Waals surface area contributed by atoms with Gasteiger partial charge in [-0.2, -0.15) is 0 Å². The molecule has 92 valence electrons. The van der Waals surface area contributed by atoms with E-state index in [0.29, 0.717) is 5.96 Å². The molecule has 2 fully saturated rings. The highest BCUT2D eigenvalue weighted by Gasteiger charge is 2.23. The fraction of sp³-hybridized carbons (Fsp3) is 0.909. The fourth-order valence-corrected chi connectivity index (χ4v) is 2.76. The predicted octanol–water partition coefficient (Wildman–Crippen LogP) is -0.0174. The molecule has 2 aliphatic rings.